The van der Waals surface area contributed by atoms with Crippen molar-refractivity contribution in [2.45, 2.75) is 10.1 Å². The number of thioether (sulfide) groups is 1. The molecular weight excluding hydrogens is 441 g/mol. The molecule has 0 unspecified atom stereocenters. The average molecular weight is 462 g/mol. The van der Waals surface area contributed by atoms with Crippen LogP contribution in [0.5, 0.6) is 0 Å². The Morgan fingerprint density at radius 3 is 2.39 bits per heavy atom. The van der Waals surface area contributed by atoms with Crippen LogP contribution in [0.25, 0.3) is 5.69 Å². The lowest BCUT2D eigenvalue weighted by Crippen LogP contribution is -2.51. The van der Waals surface area contributed by atoms with Gasteiger partial charge < -0.3 is 4.90 Å². The van der Waals surface area contributed by atoms with Gasteiger partial charge in [-0.25, -0.2) is 22.5 Å². The highest BCUT2D eigenvalue weighted by molar-refractivity contribution is 7.99. The Morgan fingerprint density at radius 1 is 1.00 bits per heavy atom. The second-order valence-electron chi connectivity index (χ2n) is 6.81. The smallest absolute Gasteiger partial charge is 0.246 e. The number of carbonyl (C=O) groups excluding carboxylic acids is 1. The van der Waals surface area contributed by atoms with Crippen LogP contribution in [-0.4, -0.2) is 70.2 Å². The number of aromatic nitrogens is 3. The Labute approximate surface area is 183 Å². The highest BCUT2D eigenvalue weighted by Crippen LogP contribution is 2.21. The van der Waals surface area contributed by atoms with Crippen molar-refractivity contribution in [3.05, 3.63) is 66.7 Å². The second kappa shape index (κ2) is 9.16. The first-order valence-electron chi connectivity index (χ1n) is 9.57. The molecule has 1 amide bonds. The second-order valence-corrected chi connectivity index (χ2v) is 9.66. The number of hydrogen-bond acceptors (Lipinski definition) is 6. The molecule has 8 nitrogen and oxygen atoms in total. The highest BCUT2D eigenvalue weighted by Gasteiger charge is 2.31. The van der Waals surface area contributed by atoms with Gasteiger partial charge in [-0.1, -0.05) is 42.1 Å². The number of carbonyl (C=O) groups is 1. The quantitative estimate of drug-likeness (QED) is 0.522. The molecule has 1 aromatic heterocycles. The van der Waals surface area contributed by atoms with Crippen LogP contribution in [-0.2, 0) is 14.8 Å². The number of hydrogen-bond donors (Lipinski definition) is 0. The van der Waals surface area contributed by atoms with Crippen molar-refractivity contribution >= 4 is 27.7 Å². The number of rotatable bonds is 6. The molecule has 0 aliphatic carbocycles. The Balaban J connectivity index is 1.31. The van der Waals surface area contributed by atoms with Gasteiger partial charge in [0.2, 0.25) is 21.1 Å². The van der Waals surface area contributed by atoms with E-state index in [1.807, 2.05) is 30.3 Å². The third-order valence-corrected chi connectivity index (χ3v) is 7.63. The molecule has 2 aromatic carbocycles. The van der Waals surface area contributed by atoms with E-state index in [-0.39, 0.29) is 42.7 Å². The molecule has 3 aromatic rings. The maximum atomic E-state index is 13.9. The average Bonchev–Trinajstić information content (AvgIpc) is 3.27. The normalized spacial score (nSPS) is 15.2. The number of piperazine rings is 1. The van der Waals surface area contributed by atoms with Gasteiger partial charge in [-0.2, -0.15) is 4.31 Å². The zero-order valence-corrected chi connectivity index (χ0v) is 18.1. The van der Waals surface area contributed by atoms with Crippen LogP contribution in [0.2, 0.25) is 0 Å². The standard InChI is InChI=1S/C20H20FN5O3S2/c21-17-8-4-5-9-18(17)31(28,29)25-12-10-24(11-13-25)19(27)14-30-20-22-15-26(23-20)16-6-2-1-3-7-16/h1-9,15H,10-14H2. The minimum absolute atomic E-state index is 0.119. The monoisotopic (exact) mass is 461 g/mol. The Bertz CT molecular complexity index is 1160. The fraction of sp³-hybridized carbons (Fsp3) is 0.250. The third-order valence-electron chi connectivity index (χ3n) is 4.86. The maximum Gasteiger partial charge on any atom is 0.246 e. The molecule has 11 heteroatoms. The van der Waals surface area contributed by atoms with E-state index in [9.17, 15) is 17.6 Å². The van der Waals surface area contributed by atoms with Crippen LogP contribution in [0.1, 0.15) is 0 Å². The molecule has 1 aliphatic heterocycles. The fourth-order valence-electron chi connectivity index (χ4n) is 3.21. The number of amides is 1. The van der Waals surface area contributed by atoms with Crippen LogP contribution in [0, 0.1) is 5.82 Å². The minimum atomic E-state index is -3.93. The molecule has 31 heavy (non-hydrogen) atoms. The molecule has 0 saturated carbocycles. The lowest BCUT2D eigenvalue weighted by molar-refractivity contribution is -0.129. The molecule has 0 spiro atoms. The highest BCUT2D eigenvalue weighted by atomic mass is 32.2. The number of halogens is 1. The summed E-state index contributed by atoms with van der Waals surface area (Å²) in [5, 5.41) is 4.84. The largest absolute Gasteiger partial charge is 0.339 e. The van der Waals surface area contributed by atoms with E-state index in [0.29, 0.717) is 5.16 Å². The van der Waals surface area contributed by atoms with E-state index >= 15 is 0 Å². The van der Waals surface area contributed by atoms with Gasteiger partial charge in [0.15, 0.2) is 0 Å². The Morgan fingerprint density at radius 2 is 1.68 bits per heavy atom. The zero-order valence-electron chi connectivity index (χ0n) is 16.5. The summed E-state index contributed by atoms with van der Waals surface area (Å²) in [4.78, 5) is 18.0. The van der Waals surface area contributed by atoms with Crippen LogP contribution >= 0.6 is 11.8 Å². The van der Waals surface area contributed by atoms with Gasteiger partial charge >= 0.3 is 0 Å². The third kappa shape index (κ3) is 4.78. The van der Waals surface area contributed by atoms with Crippen LogP contribution in [0.15, 0.2) is 71.0 Å². The van der Waals surface area contributed by atoms with E-state index in [2.05, 4.69) is 10.1 Å². The predicted octanol–water partition coefficient (Wildman–Crippen LogP) is 2.03. The maximum absolute atomic E-state index is 13.9. The SMILES string of the molecule is O=C(CSc1ncn(-c2ccccc2)n1)N1CCN(S(=O)(=O)c2ccccc2F)CC1. The van der Waals surface area contributed by atoms with Gasteiger partial charge in [0, 0.05) is 26.2 Å². The van der Waals surface area contributed by atoms with Crippen molar-refractivity contribution in [2.24, 2.45) is 0 Å². The van der Waals surface area contributed by atoms with E-state index in [0.717, 1.165) is 11.8 Å². The van der Waals surface area contributed by atoms with Crippen molar-refractivity contribution in [2.75, 3.05) is 31.9 Å². The summed E-state index contributed by atoms with van der Waals surface area (Å²) in [6.07, 6.45) is 1.59. The summed E-state index contributed by atoms with van der Waals surface area (Å²) in [7, 11) is -3.93. The van der Waals surface area contributed by atoms with E-state index in [1.54, 1.807) is 15.9 Å². The lowest BCUT2D eigenvalue weighted by atomic mass is 10.3. The molecular formula is C20H20FN5O3S2. The summed E-state index contributed by atoms with van der Waals surface area (Å²) < 4.78 is 42.1. The van der Waals surface area contributed by atoms with Gasteiger partial charge in [0.25, 0.3) is 0 Å². The molecule has 0 N–H and O–H groups in total. The Hall–Kier alpha value is -2.76. The van der Waals surface area contributed by atoms with Gasteiger partial charge in [-0.05, 0) is 24.3 Å². The molecule has 2 heterocycles. The van der Waals surface area contributed by atoms with Gasteiger partial charge in [0.1, 0.15) is 17.0 Å². The first-order valence-corrected chi connectivity index (χ1v) is 12.0. The van der Waals surface area contributed by atoms with Gasteiger partial charge in [0.05, 0.1) is 11.4 Å². The first kappa shape index (κ1) is 21.5. The van der Waals surface area contributed by atoms with Gasteiger partial charge in [-0.15, -0.1) is 5.10 Å². The number of para-hydroxylation sites is 1. The summed E-state index contributed by atoms with van der Waals surface area (Å²) in [6, 6.07) is 14.8. The number of sulfonamides is 1. The Kier molecular flexibility index (Phi) is 6.35. The van der Waals surface area contributed by atoms with Crippen molar-refractivity contribution in [3.63, 3.8) is 0 Å². The summed E-state index contributed by atoms with van der Waals surface area (Å²) >= 11 is 1.23. The van der Waals surface area contributed by atoms with E-state index < -0.39 is 15.8 Å². The molecule has 1 saturated heterocycles. The van der Waals surface area contributed by atoms with Crippen LogP contribution in [0.3, 0.4) is 0 Å². The van der Waals surface area contributed by atoms with Crippen LogP contribution < -0.4 is 0 Å². The summed E-state index contributed by atoms with van der Waals surface area (Å²) in [6.45, 7) is 0.736. The van der Waals surface area contributed by atoms with Crippen molar-refractivity contribution < 1.29 is 17.6 Å². The molecule has 1 fully saturated rings. The van der Waals surface area contributed by atoms with Gasteiger partial charge in [-0.3, -0.25) is 4.79 Å². The zero-order chi connectivity index (χ0) is 21.8. The lowest BCUT2D eigenvalue weighted by Gasteiger charge is -2.34. The fourth-order valence-corrected chi connectivity index (χ4v) is 5.40. The number of nitrogens with zero attached hydrogens (tertiary/aromatic N) is 5. The molecule has 162 valence electrons. The molecule has 0 radical (unpaired) electrons. The van der Waals surface area contributed by atoms with Crippen LogP contribution in [0.4, 0.5) is 4.39 Å². The minimum Gasteiger partial charge on any atom is -0.339 e. The molecule has 4 rings (SSSR count). The van der Waals surface area contributed by atoms with E-state index in [4.69, 9.17) is 0 Å². The molecule has 1 aliphatic rings. The van der Waals surface area contributed by atoms with Crippen molar-refractivity contribution in [3.8, 4) is 5.69 Å². The molecule has 0 atom stereocenters. The molecule has 0 bridgehead atoms. The predicted molar refractivity (Wildman–Crippen MR) is 114 cm³/mol. The van der Waals surface area contributed by atoms with Crippen molar-refractivity contribution in [1.82, 2.24) is 24.0 Å². The first-order chi connectivity index (χ1) is 14.9. The topological polar surface area (TPSA) is 88.4 Å². The summed E-state index contributed by atoms with van der Waals surface area (Å²) in [5.74, 6) is -0.748. The van der Waals surface area contributed by atoms with E-state index in [1.165, 1.54) is 34.3 Å². The number of benzene rings is 2. The summed E-state index contributed by atoms with van der Waals surface area (Å²) in [5.41, 5.74) is 0.875. The van der Waals surface area contributed by atoms with Crippen molar-refractivity contribution in [1.29, 1.82) is 0 Å².